The summed E-state index contributed by atoms with van der Waals surface area (Å²) in [4.78, 5) is 4.86. The molecule has 2 rings (SSSR count). The summed E-state index contributed by atoms with van der Waals surface area (Å²) in [5.41, 5.74) is 1.11. The predicted octanol–water partition coefficient (Wildman–Crippen LogP) is 2.32. The number of aliphatic hydroxyl groups excluding tert-OH is 1. The maximum absolute atomic E-state index is 9.48. The first-order chi connectivity index (χ1) is 10.0. The number of phenols is 1. The average Bonchev–Trinajstić information content (AvgIpc) is 2.43. The van der Waals surface area contributed by atoms with Crippen LogP contribution in [0.2, 0.25) is 5.02 Å². The van der Waals surface area contributed by atoms with Gasteiger partial charge in [0.1, 0.15) is 5.75 Å². The Balaban J connectivity index is 2.00. The Morgan fingerprint density at radius 1 is 1.33 bits per heavy atom. The molecule has 5 heteroatoms. The van der Waals surface area contributed by atoms with Gasteiger partial charge in [0.15, 0.2) is 0 Å². The number of aliphatic hydroxyl groups is 1. The minimum absolute atomic E-state index is 0.128. The van der Waals surface area contributed by atoms with E-state index in [1.165, 1.54) is 0 Å². The lowest BCUT2D eigenvalue weighted by Crippen LogP contribution is -2.55. The Bertz CT molecular complexity index is 468. The largest absolute Gasteiger partial charge is 0.506 e. The molecule has 4 nitrogen and oxygen atoms in total. The summed E-state index contributed by atoms with van der Waals surface area (Å²) in [5, 5.41) is 19.2. The monoisotopic (exact) mass is 312 g/mol. The van der Waals surface area contributed by atoms with Crippen LogP contribution in [-0.2, 0) is 6.54 Å². The van der Waals surface area contributed by atoms with Gasteiger partial charge in [-0.05, 0) is 38.0 Å². The first kappa shape index (κ1) is 16.6. The number of piperazine rings is 1. The second-order valence-electron chi connectivity index (χ2n) is 6.02. The van der Waals surface area contributed by atoms with Crippen molar-refractivity contribution in [2.75, 3.05) is 26.2 Å². The van der Waals surface area contributed by atoms with Gasteiger partial charge in [0.25, 0.3) is 0 Å². The van der Waals surface area contributed by atoms with Crippen molar-refractivity contribution in [3.05, 3.63) is 28.8 Å². The van der Waals surface area contributed by atoms with E-state index >= 15 is 0 Å². The van der Waals surface area contributed by atoms with Gasteiger partial charge < -0.3 is 10.2 Å². The maximum Gasteiger partial charge on any atom is 0.134 e. The molecule has 1 aromatic rings. The Morgan fingerprint density at radius 3 is 2.71 bits per heavy atom. The molecule has 0 aliphatic carbocycles. The molecule has 1 aliphatic rings. The highest BCUT2D eigenvalue weighted by Gasteiger charge is 2.28. The molecule has 1 aliphatic heterocycles. The van der Waals surface area contributed by atoms with Crippen LogP contribution in [0, 0.1) is 0 Å². The van der Waals surface area contributed by atoms with Crippen LogP contribution in [0.4, 0.5) is 0 Å². The fraction of sp³-hybridized carbons (Fsp3) is 0.625. The zero-order valence-corrected chi connectivity index (χ0v) is 13.6. The average molecular weight is 313 g/mol. The lowest BCUT2D eigenvalue weighted by Gasteiger charge is -2.43. The molecule has 21 heavy (non-hydrogen) atoms. The molecule has 0 amide bonds. The molecule has 0 saturated carbocycles. The minimum Gasteiger partial charge on any atom is -0.506 e. The number of aromatic hydroxyl groups is 1. The Labute approximate surface area is 131 Å². The number of nitrogens with zero attached hydrogens (tertiary/aromatic N) is 2. The molecule has 118 valence electrons. The van der Waals surface area contributed by atoms with E-state index < -0.39 is 0 Å². The van der Waals surface area contributed by atoms with Crippen LogP contribution >= 0.6 is 11.6 Å². The van der Waals surface area contributed by atoms with E-state index in [0.29, 0.717) is 17.1 Å². The zero-order valence-electron chi connectivity index (χ0n) is 12.8. The van der Waals surface area contributed by atoms with Gasteiger partial charge in [-0.1, -0.05) is 17.7 Å². The Morgan fingerprint density at radius 2 is 2.10 bits per heavy atom. The zero-order chi connectivity index (χ0) is 15.4. The minimum atomic E-state index is 0.128. The van der Waals surface area contributed by atoms with Crippen LogP contribution in [0.5, 0.6) is 5.75 Å². The van der Waals surface area contributed by atoms with Gasteiger partial charge in [0.2, 0.25) is 0 Å². The van der Waals surface area contributed by atoms with E-state index in [9.17, 15) is 10.2 Å². The van der Waals surface area contributed by atoms with Crippen molar-refractivity contribution in [3.63, 3.8) is 0 Å². The molecule has 0 spiro atoms. The highest BCUT2D eigenvalue weighted by Crippen LogP contribution is 2.25. The number of hydrogen-bond donors (Lipinski definition) is 2. The maximum atomic E-state index is 9.48. The van der Waals surface area contributed by atoms with Gasteiger partial charge in [0, 0.05) is 44.9 Å². The van der Waals surface area contributed by atoms with Gasteiger partial charge >= 0.3 is 0 Å². The van der Waals surface area contributed by atoms with Crippen LogP contribution in [0.3, 0.4) is 0 Å². The van der Waals surface area contributed by atoms with Gasteiger partial charge in [-0.3, -0.25) is 9.80 Å². The molecule has 0 aromatic heterocycles. The van der Waals surface area contributed by atoms with Gasteiger partial charge in [-0.15, -0.1) is 0 Å². The summed E-state index contributed by atoms with van der Waals surface area (Å²) in [6, 6.07) is 6.29. The molecule has 2 N–H and O–H groups in total. The second kappa shape index (κ2) is 7.45. The topological polar surface area (TPSA) is 46.9 Å². The van der Waals surface area contributed by atoms with E-state index in [1.54, 1.807) is 6.07 Å². The lowest BCUT2D eigenvalue weighted by molar-refractivity contribution is 0.0349. The summed E-state index contributed by atoms with van der Waals surface area (Å²) in [5.74, 6) is 0.128. The fourth-order valence-corrected chi connectivity index (χ4v) is 3.27. The quantitative estimate of drug-likeness (QED) is 0.876. The van der Waals surface area contributed by atoms with E-state index in [0.717, 1.165) is 38.2 Å². The Kier molecular flexibility index (Phi) is 5.88. The number of phenolic OH excluding ortho intramolecular Hbond substituents is 1. The molecule has 0 radical (unpaired) electrons. The van der Waals surface area contributed by atoms with Crippen LogP contribution in [0.25, 0.3) is 0 Å². The van der Waals surface area contributed by atoms with Crippen molar-refractivity contribution >= 4 is 11.6 Å². The Hall–Kier alpha value is -0.810. The highest BCUT2D eigenvalue weighted by molar-refractivity contribution is 6.32. The van der Waals surface area contributed by atoms with E-state index in [-0.39, 0.29) is 12.4 Å². The van der Waals surface area contributed by atoms with Crippen molar-refractivity contribution in [2.24, 2.45) is 0 Å². The highest BCUT2D eigenvalue weighted by atomic mass is 35.5. The van der Waals surface area contributed by atoms with Crippen LogP contribution in [0.15, 0.2) is 18.2 Å². The summed E-state index contributed by atoms with van der Waals surface area (Å²) >= 11 is 5.96. The fourth-order valence-electron chi connectivity index (χ4n) is 3.07. The molecular formula is C16H25ClN2O2. The third kappa shape index (κ3) is 4.33. The third-order valence-corrected chi connectivity index (χ3v) is 4.46. The van der Waals surface area contributed by atoms with Crippen molar-refractivity contribution in [2.45, 2.75) is 38.9 Å². The third-order valence-electron chi connectivity index (χ3n) is 4.16. The van der Waals surface area contributed by atoms with Crippen LogP contribution in [-0.4, -0.2) is 58.3 Å². The van der Waals surface area contributed by atoms with E-state index in [2.05, 4.69) is 23.6 Å². The first-order valence-electron chi connectivity index (χ1n) is 7.57. The van der Waals surface area contributed by atoms with E-state index in [4.69, 9.17) is 11.6 Å². The van der Waals surface area contributed by atoms with Gasteiger partial charge in [0.05, 0.1) is 5.02 Å². The summed E-state index contributed by atoms with van der Waals surface area (Å²) in [6.45, 7) is 8.46. The van der Waals surface area contributed by atoms with Crippen molar-refractivity contribution < 1.29 is 10.2 Å². The van der Waals surface area contributed by atoms with Crippen molar-refractivity contribution in [3.8, 4) is 5.75 Å². The predicted molar refractivity (Wildman–Crippen MR) is 85.7 cm³/mol. The second-order valence-corrected chi connectivity index (χ2v) is 6.43. The first-order valence-corrected chi connectivity index (χ1v) is 7.95. The van der Waals surface area contributed by atoms with Crippen molar-refractivity contribution in [1.29, 1.82) is 0 Å². The number of hydrogen-bond acceptors (Lipinski definition) is 4. The molecule has 1 atom stereocenters. The van der Waals surface area contributed by atoms with Crippen LogP contribution < -0.4 is 0 Å². The standard InChI is InChI=1S/C16H25ClN2O2/c1-12(2)19-7-6-18(11-14(19)5-8-20)10-13-3-4-16(21)15(17)9-13/h3-4,9,12,14,20-21H,5-8,10-11H2,1-2H3/t14-/m0/s1. The SMILES string of the molecule is CC(C)N1CCN(Cc2ccc(O)c(Cl)c2)C[C@@H]1CCO. The molecule has 1 saturated heterocycles. The number of rotatable bonds is 5. The normalized spacial score (nSPS) is 21.1. The number of benzene rings is 1. The van der Waals surface area contributed by atoms with Crippen molar-refractivity contribution in [1.82, 2.24) is 9.80 Å². The van der Waals surface area contributed by atoms with Crippen LogP contribution in [0.1, 0.15) is 25.8 Å². The summed E-state index contributed by atoms with van der Waals surface area (Å²) in [6.07, 6.45) is 0.811. The smallest absolute Gasteiger partial charge is 0.134 e. The summed E-state index contributed by atoms with van der Waals surface area (Å²) in [7, 11) is 0. The molecule has 1 aromatic carbocycles. The molecular weight excluding hydrogens is 288 g/mol. The number of halogens is 1. The summed E-state index contributed by atoms with van der Waals surface area (Å²) < 4.78 is 0. The lowest BCUT2D eigenvalue weighted by atomic mass is 10.1. The molecule has 0 unspecified atom stereocenters. The molecule has 1 heterocycles. The molecule has 1 fully saturated rings. The van der Waals surface area contributed by atoms with E-state index in [1.807, 2.05) is 12.1 Å². The van der Waals surface area contributed by atoms with Gasteiger partial charge in [-0.25, -0.2) is 0 Å². The van der Waals surface area contributed by atoms with Gasteiger partial charge in [-0.2, -0.15) is 0 Å². The molecule has 0 bridgehead atoms.